The van der Waals surface area contributed by atoms with Gasteiger partial charge in [-0.1, -0.05) is 19.9 Å². The van der Waals surface area contributed by atoms with E-state index in [1.807, 2.05) is 17.5 Å². The van der Waals surface area contributed by atoms with Crippen molar-refractivity contribution >= 4 is 23.1 Å². The Morgan fingerprint density at radius 3 is 2.71 bits per heavy atom. The molecule has 4 aromatic rings. The molecule has 11 heteroatoms. The first-order valence-electron chi connectivity index (χ1n) is 11.5. The van der Waals surface area contributed by atoms with Gasteiger partial charge in [0.2, 0.25) is 5.91 Å². The second-order valence-electron chi connectivity index (χ2n) is 8.10. The molecule has 0 bridgehead atoms. The second kappa shape index (κ2) is 10.6. The van der Waals surface area contributed by atoms with Gasteiger partial charge in [0.25, 0.3) is 0 Å². The van der Waals surface area contributed by atoms with Crippen molar-refractivity contribution < 1.29 is 13.6 Å². The zero-order valence-electron chi connectivity index (χ0n) is 19.9. The van der Waals surface area contributed by atoms with Gasteiger partial charge in [-0.05, 0) is 32.1 Å². The average Bonchev–Trinajstić information content (AvgIpc) is 3.46. The summed E-state index contributed by atoms with van der Waals surface area (Å²) in [5.41, 5.74) is 2.85. The molecular weight excluding hydrogens is 454 g/mol. The lowest BCUT2D eigenvalue weighted by molar-refractivity contribution is -0.116. The summed E-state index contributed by atoms with van der Waals surface area (Å²) in [5, 5.41) is 10.0. The van der Waals surface area contributed by atoms with Gasteiger partial charge in [-0.2, -0.15) is 5.10 Å². The molecule has 0 atom stereocenters. The smallest absolute Gasteiger partial charge is 0.246 e. The highest BCUT2D eigenvalue weighted by atomic mass is 19.2. The van der Waals surface area contributed by atoms with Crippen LogP contribution in [0.1, 0.15) is 19.5 Å². The van der Waals surface area contributed by atoms with E-state index >= 15 is 0 Å². The number of hydrogen-bond acceptors (Lipinski definition) is 6. The highest BCUT2D eigenvalue weighted by molar-refractivity contribution is 5.90. The molecule has 0 aliphatic carbocycles. The van der Waals surface area contributed by atoms with E-state index < -0.39 is 17.5 Å². The average molecular weight is 483 g/mol. The van der Waals surface area contributed by atoms with Gasteiger partial charge in [-0.25, -0.2) is 18.7 Å². The van der Waals surface area contributed by atoms with Gasteiger partial charge in [0.15, 0.2) is 23.1 Å². The molecule has 184 valence electrons. The van der Waals surface area contributed by atoms with Crippen molar-refractivity contribution in [1.82, 2.24) is 29.0 Å². The molecule has 0 aliphatic rings. The molecule has 9 nitrogen and oxygen atoms in total. The Balaban J connectivity index is 1.49. The number of benzene rings is 1. The zero-order chi connectivity index (χ0) is 24.9. The van der Waals surface area contributed by atoms with Crippen molar-refractivity contribution in [2.24, 2.45) is 0 Å². The van der Waals surface area contributed by atoms with Crippen molar-refractivity contribution in [2.45, 2.75) is 27.3 Å². The van der Waals surface area contributed by atoms with Gasteiger partial charge in [0.05, 0.1) is 29.5 Å². The minimum absolute atomic E-state index is 0.161. The van der Waals surface area contributed by atoms with Crippen LogP contribution < -0.4 is 10.6 Å². The van der Waals surface area contributed by atoms with Crippen LogP contribution in [0.5, 0.6) is 0 Å². The van der Waals surface area contributed by atoms with Gasteiger partial charge in [0.1, 0.15) is 6.54 Å². The first-order chi connectivity index (χ1) is 16.9. The third-order valence-electron chi connectivity index (χ3n) is 5.69. The van der Waals surface area contributed by atoms with Gasteiger partial charge >= 0.3 is 0 Å². The summed E-state index contributed by atoms with van der Waals surface area (Å²) in [4.78, 5) is 23.8. The highest BCUT2D eigenvalue weighted by Gasteiger charge is 2.15. The molecule has 1 amide bonds. The van der Waals surface area contributed by atoms with E-state index in [1.54, 1.807) is 18.6 Å². The highest BCUT2D eigenvalue weighted by Crippen LogP contribution is 2.24. The number of fused-ring (bicyclic) bond motifs is 1. The molecule has 3 aromatic heterocycles. The maximum Gasteiger partial charge on any atom is 0.246 e. The molecule has 0 unspecified atom stereocenters. The number of rotatable bonds is 10. The number of likely N-dealkylation sites (N-methyl/N-ethyl adjacent to an activating group) is 1. The number of imidazole rings is 1. The summed E-state index contributed by atoms with van der Waals surface area (Å²) in [5.74, 6) is -1.95. The van der Waals surface area contributed by atoms with Crippen LogP contribution in [0.15, 0.2) is 43.0 Å². The largest absolute Gasteiger partial charge is 0.366 e. The van der Waals surface area contributed by atoms with Crippen molar-refractivity contribution in [3.05, 3.63) is 60.3 Å². The number of nitrogens with one attached hydrogen (secondary N) is 2. The molecule has 1 aromatic carbocycles. The summed E-state index contributed by atoms with van der Waals surface area (Å²) < 4.78 is 30.6. The van der Waals surface area contributed by atoms with E-state index in [2.05, 4.69) is 44.4 Å². The van der Waals surface area contributed by atoms with Gasteiger partial charge in [-0.15, -0.1) is 0 Å². The third-order valence-corrected chi connectivity index (χ3v) is 5.69. The number of amides is 1. The lowest BCUT2D eigenvalue weighted by Gasteiger charge is -2.18. The van der Waals surface area contributed by atoms with Crippen LogP contribution in [0, 0.1) is 18.6 Å². The Bertz CT molecular complexity index is 1330. The molecule has 0 aliphatic heterocycles. The fraction of sp³-hybridized carbons (Fsp3) is 0.333. The molecule has 4 rings (SSSR count). The molecule has 0 saturated carbocycles. The predicted molar refractivity (Wildman–Crippen MR) is 130 cm³/mol. The first-order valence-corrected chi connectivity index (χ1v) is 11.5. The summed E-state index contributed by atoms with van der Waals surface area (Å²) in [6, 6.07) is 3.62. The van der Waals surface area contributed by atoms with E-state index in [9.17, 15) is 13.6 Å². The van der Waals surface area contributed by atoms with Crippen LogP contribution in [0.2, 0.25) is 0 Å². The first kappa shape index (κ1) is 24.3. The quantitative estimate of drug-likeness (QED) is 0.359. The van der Waals surface area contributed by atoms with Gasteiger partial charge in [-0.3, -0.25) is 13.9 Å². The van der Waals surface area contributed by atoms with Crippen molar-refractivity contribution in [2.75, 3.05) is 36.8 Å². The molecule has 2 N–H and O–H groups in total. The van der Waals surface area contributed by atoms with Crippen LogP contribution in [-0.2, 0) is 11.3 Å². The predicted octanol–water partition coefficient (Wildman–Crippen LogP) is 3.57. The molecular formula is C24H28F2N8O. The van der Waals surface area contributed by atoms with Crippen molar-refractivity contribution in [1.29, 1.82) is 0 Å². The van der Waals surface area contributed by atoms with E-state index in [0.717, 1.165) is 49.2 Å². The maximum absolute atomic E-state index is 13.8. The van der Waals surface area contributed by atoms with E-state index in [1.165, 1.54) is 16.8 Å². The summed E-state index contributed by atoms with van der Waals surface area (Å²) in [6.07, 6.45) is 6.95. The maximum atomic E-state index is 13.8. The summed E-state index contributed by atoms with van der Waals surface area (Å²) in [7, 11) is 0. The fourth-order valence-corrected chi connectivity index (χ4v) is 3.83. The Labute approximate surface area is 201 Å². The van der Waals surface area contributed by atoms with E-state index in [0.29, 0.717) is 11.5 Å². The minimum Gasteiger partial charge on any atom is -0.366 e. The third kappa shape index (κ3) is 5.46. The van der Waals surface area contributed by atoms with E-state index in [-0.39, 0.29) is 12.2 Å². The van der Waals surface area contributed by atoms with Gasteiger partial charge < -0.3 is 15.5 Å². The fourth-order valence-electron chi connectivity index (χ4n) is 3.83. The standard InChI is InChI=1S/C24H28F2N8O/c1-4-32(5-2)10-9-27-23-24-28-12-20(34(24)13-16(3)30-23)17-11-29-33(14-17)15-21(35)31-19-8-6-7-18(25)22(19)26/h6-8,11-14H,4-5,9-10,15H2,1-3H3,(H,27,30)(H,31,35). The number of anilines is 2. The minimum atomic E-state index is -1.10. The van der Waals surface area contributed by atoms with E-state index in [4.69, 9.17) is 0 Å². The number of halogens is 2. The van der Waals surface area contributed by atoms with Crippen LogP contribution >= 0.6 is 0 Å². The number of aryl methyl sites for hydroxylation is 1. The Morgan fingerprint density at radius 2 is 1.94 bits per heavy atom. The second-order valence-corrected chi connectivity index (χ2v) is 8.10. The monoisotopic (exact) mass is 482 g/mol. The number of carbonyl (C=O) groups excluding carboxylic acids is 1. The SMILES string of the molecule is CCN(CC)CCNc1nc(C)cn2c(-c3cnn(CC(=O)Nc4cccc(F)c4F)c3)cnc12. The molecule has 0 radical (unpaired) electrons. The number of carbonyl (C=O) groups is 1. The summed E-state index contributed by atoms with van der Waals surface area (Å²) >= 11 is 0. The Kier molecular flexibility index (Phi) is 7.35. The zero-order valence-corrected chi connectivity index (χ0v) is 19.9. The Hall–Kier alpha value is -3.86. The number of hydrogen-bond donors (Lipinski definition) is 2. The van der Waals surface area contributed by atoms with Crippen LogP contribution in [0.4, 0.5) is 20.3 Å². The van der Waals surface area contributed by atoms with Crippen molar-refractivity contribution in [3.63, 3.8) is 0 Å². The number of nitrogens with zero attached hydrogens (tertiary/aromatic N) is 6. The number of aromatic nitrogens is 5. The molecule has 3 heterocycles. The Morgan fingerprint density at radius 1 is 1.14 bits per heavy atom. The van der Waals surface area contributed by atoms with Crippen LogP contribution in [-0.4, -0.2) is 61.1 Å². The molecule has 35 heavy (non-hydrogen) atoms. The summed E-state index contributed by atoms with van der Waals surface area (Å²) in [6.45, 7) is 9.65. The van der Waals surface area contributed by atoms with Crippen LogP contribution in [0.3, 0.4) is 0 Å². The molecule has 0 fully saturated rings. The van der Waals surface area contributed by atoms with Gasteiger partial charge in [0, 0.05) is 31.0 Å². The van der Waals surface area contributed by atoms with Crippen LogP contribution in [0.25, 0.3) is 16.9 Å². The molecule has 0 saturated heterocycles. The lowest BCUT2D eigenvalue weighted by atomic mass is 10.3. The lowest BCUT2D eigenvalue weighted by Crippen LogP contribution is -2.28. The molecule has 0 spiro atoms. The topological polar surface area (TPSA) is 92.4 Å². The van der Waals surface area contributed by atoms with Crippen molar-refractivity contribution in [3.8, 4) is 11.3 Å². The normalized spacial score (nSPS) is 11.4.